The lowest BCUT2D eigenvalue weighted by atomic mass is 10.2. The van der Waals surface area contributed by atoms with Crippen LogP contribution >= 0.6 is 35.6 Å². The maximum atomic E-state index is 5.78. The second-order valence-corrected chi connectivity index (χ2v) is 4.56. The molecule has 1 aliphatic heterocycles. The normalized spacial score (nSPS) is 16.1. The summed E-state index contributed by atoms with van der Waals surface area (Å²) in [6.45, 7) is 0. The van der Waals surface area contributed by atoms with Crippen LogP contribution in [0.5, 0.6) is 0 Å². The molecule has 1 aromatic rings. The lowest BCUT2D eigenvalue weighted by Gasteiger charge is -1.99. The Kier molecular flexibility index (Phi) is 2.67. The number of rotatable bonds is 1. The highest BCUT2D eigenvalue weighted by atomic mass is 35.5. The van der Waals surface area contributed by atoms with E-state index in [-0.39, 0.29) is 0 Å². The molecule has 0 aliphatic carbocycles. The fourth-order valence-electron chi connectivity index (χ4n) is 1.10. The second-order valence-electron chi connectivity index (χ2n) is 2.63. The van der Waals surface area contributed by atoms with Gasteiger partial charge in [0.2, 0.25) is 0 Å². The molecule has 0 atom stereocenters. The van der Waals surface area contributed by atoms with Crippen molar-refractivity contribution in [2.45, 2.75) is 0 Å². The number of hydrogen-bond acceptors (Lipinski definition) is 3. The first-order chi connectivity index (χ1) is 6.25. The minimum absolute atomic E-state index is 0.525. The first-order valence-electron chi connectivity index (χ1n) is 3.75. The van der Waals surface area contributed by atoms with Gasteiger partial charge in [-0.15, -0.1) is 11.8 Å². The van der Waals surface area contributed by atoms with Crippen LogP contribution in [0.2, 0.25) is 5.15 Å². The van der Waals surface area contributed by atoms with E-state index in [4.69, 9.17) is 23.8 Å². The van der Waals surface area contributed by atoms with Crippen molar-refractivity contribution in [1.82, 2.24) is 4.98 Å². The third-order valence-electron chi connectivity index (χ3n) is 1.67. The average Bonchev–Trinajstić information content (AvgIpc) is 2.52. The Balaban J connectivity index is 2.36. The molecule has 0 saturated heterocycles. The third kappa shape index (κ3) is 2.10. The summed E-state index contributed by atoms with van der Waals surface area (Å²) in [6, 6.07) is 3.80. The van der Waals surface area contributed by atoms with Crippen LogP contribution in [-0.4, -0.2) is 15.6 Å². The first kappa shape index (κ1) is 9.19. The van der Waals surface area contributed by atoms with Crippen molar-refractivity contribution in [3.05, 3.63) is 35.1 Å². The Morgan fingerprint density at radius 1 is 1.54 bits per heavy atom. The van der Waals surface area contributed by atoms with Crippen LogP contribution in [0.4, 0.5) is 0 Å². The Bertz CT molecular complexity index is 387. The van der Waals surface area contributed by atoms with Crippen LogP contribution in [0, 0.1) is 0 Å². The van der Waals surface area contributed by atoms with Crippen LogP contribution in [-0.2, 0) is 0 Å². The summed E-state index contributed by atoms with van der Waals surface area (Å²) < 4.78 is 0. The van der Waals surface area contributed by atoms with Crippen molar-refractivity contribution in [1.29, 1.82) is 0 Å². The molecular weight excluding hydrogens is 222 g/mol. The van der Waals surface area contributed by atoms with E-state index in [1.54, 1.807) is 18.0 Å². The molecule has 0 amide bonds. The van der Waals surface area contributed by atoms with Crippen molar-refractivity contribution in [2.75, 3.05) is 5.75 Å². The van der Waals surface area contributed by atoms with Crippen molar-refractivity contribution in [2.24, 2.45) is 0 Å². The van der Waals surface area contributed by atoms with Crippen LogP contribution in [0.25, 0.3) is 4.91 Å². The topological polar surface area (TPSA) is 12.9 Å². The van der Waals surface area contributed by atoms with E-state index >= 15 is 0 Å². The molecule has 66 valence electrons. The molecule has 0 N–H and O–H groups in total. The van der Waals surface area contributed by atoms with Crippen molar-refractivity contribution in [3.8, 4) is 0 Å². The van der Waals surface area contributed by atoms with Gasteiger partial charge in [0.25, 0.3) is 0 Å². The number of thiocarbonyl (C=S) groups is 1. The molecule has 0 radical (unpaired) electrons. The smallest absolute Gasteiger partial charge is 0.129 e. The molecule has 0 unspecified atom stereocenters. The number of aromatic nitrogens is 1. The molecule has 1 aliphatic rings. The van der Waals surface area contributed by atoms with Gasteiger partial charge in [-0.25, -0.2) is 4.98 Å². The Labute approximate surface area is 91.2 Å². The lowest BCUT2D eigenvalue weighted by molar-refractivity contribution is 1.32. The fourth-order valence-corrected chi connectivity index (χ4v) is 2.54. The molecule has 2 rings (SSSR count). The summed E-state index contributed by atoms with van der Waals surface area (Å²) in [7, 11) is 0. The highest BCUT2D eigenvalue weighted by molar-refractivity contribution is 8.10. The summed E-state index contributed by atoms with van der Waals surface area (Å²) in [4.78, 5) is 6.11. The van der Waals surface area contributed by atoms with Crippen LogP contribution in [0.1, 0.15) is 5.56 Å². The largest absolute Gasteiger partial charge is 0.245 e. The molecule has 0 spiro atoms. The fraction of sp³-hybridized carbons (Fsp3) is 0.111. The quantitative estimate of drug-likeness (QED) is 0.540. The zero-order valence-electron chi connectivity index (χ0n) is 6.66. The monoisotopic (exact) mass is 227 g/mol. The van der Waals surface area contributed by atoms with Crippen molar-refractivity contribution >= 4 is 45.4 Å². The van der Waals surface area contributed by atoms with Crippen LogP contribution < -0.4 is 0 Å². The Morgan fingerprint density at radius 2 is 2.38 bits per heavy atom. The molecular formula is C9H6ClNS2. The van der Waals surface area contributed by atoms with Gasteiger partial charge in [-0.05, 0) is 23.8 Å². The van der Waals surface area contributed by atoms with E-state index in [1.165, 1.54) is 4.91 Å². The molecule has 4 heteroatoms. The van der Waals surface area contributed by atoms with E-state index in [0.29, 0.717) is 5.15 Å². The van der Waals surface area contributed by atoms with E-state index in [2.05, 4.69) is 4.98 Å². The molecule has 0 aromatic carbocycles. The minimum Gasteiger partial charge on any atom is -0.245 e. The summed E-state index contributed by atoms with van der Waals surface area (Å²) in [5, 5.41) is 0.525. The van der Waals surface area contributed by atoms with Gasteiger partial charge in [-0.2, -0.15) is 0 Å². The van der Waals surface area contributed by atoms with Gasteiger partial charge in [-0.1, -0.05) is 23.8 Å². The van der Waals surface area contributed by atoms with Gasteiger partial charge < -0.3 is 0 Å². The molecule has 1 aromatic heterocycles. The highest BCUT2D eigenvalue weighted by Crippen LogP contribution is 2.33. The third-order valence-corrected chi connectivity index (χ3v) is 3.44. The number of nitrogens with zero attached hydrogens (tertiary/aromatic N) is 1. The van der Waals surface area contributed by atoms with Gasteiger partial charge in [0.05, 0.1) is 0 Å². The molecule has 0 saturated carbocycles. The molecule has 0 fully saturated rings. The van der Waals surface area contributed by atoms with E-state index in [1.807, 2.05) is 18.2 Å². The average molecular weight is 228 g/mol. The first-order valence-corrected chi connectivity index (χ1v) is 5.52. The Morgan fingerprint density at radius 3 is 3.00 bits per heavy atom. The number of halogens is 1. The predicted molar refractivity (Wildman–Crippen MR) is 62.3 cm³/mol. The summed E-state index contributed by atoms with van der Waals surface area (Å²) in [5.74, 6) is 0.907. The van der Waals surface area contributed by atoms with E-state index in [0.717, 1.165) is 16.2 Å². The van der Waals surface area contributed by atoms with Crippen LogP contribution in [0.3, 0.4) is 0 Å². The standard InChI is InChI=1S/C9H6ClNS2/c10-9-3-6(1-2-11-9)8-4-7(12)5-13-8/h1-4H,5H2. The number of allylic oxidation sites excluding steroid dienone is 1. The second kappa shape index (κ2) is 3.78. The van der Waals surface area contributed by atoms with Gasteiger partial charge >= 0.3 is 0 Å². The number of pyridine rings is 1. The van der Waals surface area contributed by atoms with Gasteiger partial charge in [0.1, 0.15) is 5.15 Å². The number of thioether (sulfide) groups is 1. The molecule has 13 heavy (non-hydrogen) atoms. The highest BCUT2D eigenvalue weighted by Gasteiger charge is 2.11. The molecule has 0 bridgehead atoms. The van der Waals surface area contributed by atoms with Gasteiger partial charge in [0, 0.05) is 21.7 Å². The summed E-state index contributed by atoms with van der Waals surface area (Å²) in [5.41, 5.74) is 1.10. The summed E-state index contributed by atoms with van der Waals surface area (Å²) in [6.07, 6.45) is 3.73. The zero-order valence-corrected chi connectivity index (χ0v) is 9.05. The molecule has 1 nitrogen and oxygen atoms in total. The Hall–Kier alpha value is -0.380. The van der Waals surface area contributed by atoms with Crippen LogP contribution in [0.15, 0.2) is 24.4 Å². The lowest BCUT2D eigenvalue weighted by Crippen LogP contribution is -1.82. The van der Waals surface area contributed by atoms with Crippen molar-refractivity contribution < 1.29 is 0 Å². The van der Waals surface area contributed by atoms with Gasteiger partial charge in [-0.3, -0.25) is 0 Å². The SMILES string of the molecule is S=C1C=C(c2ccnc(Cl)c2)SC1. The van der Waals surface area contributed by atoms with Crippen molar-refractivity contribution in [3.63, 3.8) is 0 Å². The predicted octanol–water partition coefficient (Wildman–Crippen LogP) is 3.19. The maximum absolute atomic E-state index is 5.78. The summed E-state index contributed by atoms with van der Waals surface area (Å²) >= 11 is 12.6. The van der Waals surface area contributed by atoms with E-state index in [9.17, 15) is 0 Å². The molecule has 2 heterocycles. The number of hydrogen-bond donors (Lipinski definition) is 0. The van der Waals surface area contributed by atoms with Gasteiger partial charge in [0.15, 0.2) is 0 Å². The minimum atomic E-state index is 0.525. The van der Waals surface area contributed by atoms with E-state index < -0.39 is 0 Å². The zero-order chi connectivity index (χ0) is 9.26. The maximum Gasteiger partial charge on any atom is 0.129 e.